The molecule has 116 valence electrons. The molecule has 1 aromatic carbocycles. The van der Waals surface area contributed by atoms with Gasteiger partial charge in [0.15, 0.2) is 0 Å². The van der Waals surface area contributed by atoms with Gasteiger partial charge in [0, 0.05) is 25.1 Å². The Kier molecular flexibility index (Phi) is 4.48. The van der Waals surface area contributed by atoms with Crippen molar-refractivity contribution in [2.24, 2.45) is 5.92 Å². The minimum Gasteiger partial charge on any atom is -0.481 e. The van der Waals surface area contributed by atoms with Gasteiger partial charge in [0.05, 0.1) is 5.92 Å². The summed E-state index contributed by atoms with van der Waals surface area (Å²) in [5, 5.41) is 13.1. The Hall–Kier alpha value is -2.21. The first-order valence-electron chi connectivity index (χ1n) is 7.55. The third-order valence-electron chi connectivity index (χ3n) is 4.00. The van der Waals surface area contributed by atoms with Gasteiger partial charge in [-0.2, -0.15) is 4.98 Å². The molecule has 1 aliphatic heterocycles. The van der Waals surface area contributed by atoms with E-state index in [1.165, 1.54) is 0 Å². The highest BCUT2D eigenvalue weighted by Gasteiger charge is 2.25. The molecule has 1 atom stereocenters. The van der Waals surface area contributed by atoms with E-state index in [-0.39, 0.29) is 5.92 Å². The summed E-state index contributed by atoms with van der Waals surface area (Å²) in [5.41, 5.74) is 0.932. The van der Waals surface area contributed by atoms with Crippen molar-refractivity contribution in [2.45, 2.75) is 19.3 Å². The van der Waals surface area contributed by atoms with E-state index in [1.54, 1.807) is 0 Å². The second-order valence-electron chi connectivity index (χ2n) is 5.61. The van der Waals surface area contributed by atoms with Gasteiger partial charge < -0.3 is 14.5 Å². The van der Waals surface area contributed by atoms with Gasteiger partial charge in [0.1, 0.15) is 0 Å². The lowest BCUT2D eigenvalue weighted by atomic mass is 9.98. The number of benzene rings is 1. The highest BCUT2D eigenvalue weighted by atomic mass is 16.5. The van der Waals surface area contributed by atoms with Crippen molar-refractivity contribution < 1.29 is 14.4 Å². The highest BCUT2D eigenvalue weighted by Crippen LogP contribution is 2.18. The number of carboxylic acids is 1. The van der Waals surface area contributed by atoms with E-state index in [9.17, 15) is 4.79 Å². The third kappa shape index (κ3) is 3.51. The molecule has 2 heterocycles. The average Bonchev–Trinajstić information content (AvgIpc) is 3.03. The van der Waals surface area contributed by atoms with E-state index in [4.69, 9.17) is 9.63 Å². The summed E-state index contributed by atoms with van der Waals surface area (Å²) in [6, 6.07) is 9.70. The van der Waals surface area contributed by atoms with Crippen LogP contribution in [0.5, 0.6) is 0 Å². The SMILES string of the molecule is O=C(O)C1CCCN(CCc2nc(-c3ccccc3)no2)C1. The molecule has 0 radical (unpaired) electrons. The fourth-order valence-corrected chi connectivity index (χ4v) is 2.77. The number of hydrogen-bond donors (Lipinski definition) is 1. The average molecular weight is 301 g/mol. The first-order chi connectivity index (χ1) is 10.7. The Morgan fingerprint density at radius 1 is 1.36 bits per heavy atom. The van der Waals surface area contributed by atoms with Crippen LogP contribution >= 0.6 is 0 Å². The molecule has 0 spiro atoms. The van der Waals surface area contributed by atoms with Gasteiger partial charge in [0.25, 0.3) is 0 Å². The van der Waals surface area contributed by atoms with Crippen molar-refractivity contribution >= 4 is 5.97 Å². The third-order valence-corrected chi connectivity index (χ3v) is 4.00. The minimum atomic E-state index is -0.700. The number of likely N-dealkylation sites (tertiary alicyclic amines) is 1. The molecule has 6 nitrogen and oxygen atoms in total. The van der Waals surface area contributed by atoms with Crippen LogP contribution in [0.1, 0.15) is 18.7 Å². The van der Waals surface area contributed by atoms with Crippen LogP contribution < -0.4 is 0 Å². The van der Waals surface area contributed by atoms with E-state index in [0.29, 0.717) is 24.7 Å². The molecule has 0 bridgehead atoms. The summed E-state index contributed by atoms with van der Waals surface area (Å²) in [4.78, 5) is 17.6. The van der Waals surface area contributed by atoms with Crippen LogP contribution in [0.3, 0.4) is 0 Å². The molecular formula is C16H19N3O3. The van der Waals surface area contributed by atoms with E-state index in [2.05, 4.69) is 15.0 Å². The Morgan fingerprint density at radius 2 is 2.18 bits per heavy atom. The number of nitrogens with zero attached hydrogens (tertiary/aromatic N) is 3. The van der Waals surface area contributed by atoms with Gasteiger partial charge in [-0.15, -0.1) is 0 Å². The Balaban J connectivity index is 1.56. The van der Waals surface area contributed by atoms with E-state index in [0.717, 1.165) is 31.5 Å². The quantitative estimate of drug-likeness (QED) is 0.910. The summed E-state index contributed by atoms with van der Waals surface area (Å²) >= 11 is 0. The van der Waals surface area contributed by atoms with Gasteiger partial charge >= 0.3 is 5.97 Å². The maximum absolute atomic E-state index is 11.1. The van der Waals surface area contributed by atoms with Crippen LogP contribution in [-0.4, -0.2) is 45.8 Å². The van der Waals surface area contributed by atoms with Crippen molar-refractivity contribution in [1.82, 2.24) is 15.0 Å². The van der Waals surface area contributed by atoms with Crippen LogP contribution in [0.2, 0.25) is 0 Å². The first kappa shape index (κ1) is 14.7. The number of rotatable bonds is 5. The summed E-state index contributed by atoms with van der Waals surface area (Å²) in [6.45, 7) is 2.29. The van der Waals surface area contributed by atoms with Crippen LogP contribution in [0.25, 0.3) is 11.4 Å². The highest BCUT2D eigenvalue weighted by molar-refractivity contribution is 5.70. The zero-order valence-corrected chi connectivity index (χ0v) is 12.3. The van der Waals surface area contributed by atoms with Gasteiger partial charge in [-0.05, 0) is 19.4 Å². The molecule has 1 saturated heterocycles. The number of carboxylic acid groups (broad SMARTS) is 1. The fraction of sp³-hybridized carbons (Fsp3) is 0.438. The standard InChI is InChI=1S/C16H19N3O3/c20-16(21)13-7-4-9-19(11-13)10-8-14-17-15(18-22-14)12-5-2-1-3-6-12/h1-3,5-6,13H,4,7-11H2,(H,20,21). The molecule has 22 heavy (non-hydrogen) atoms. The molecule has 1 unspecified atom stereocenters. The Bertz CT molecular complexity index is 627. The van der Waals surface area contributed by atoms with Crippen molar-refractivity contribution in [1.29, 1.82) is 0 Å². The number of aromatic nitrogens is 2. The number of aliphatic carboxylic acids is 1. The maximum atomic E-state index is 11.1. The van der Waals surface area contributed by atoms with Crippen molar-refractivity contribution in [2.75, 3.05) is 19.6 Å². The maximum Gasteiger partial charge on any atom is 0.307 e. The molecule has 1 aromatic heterocycles. The molecule has 0 aliphatic carbocycles. The summed E-state index contributed by atoms with van der Waals surface area (Å²) in [6.07, 6.45) is 2.34. The van der Waals surface area contributed by atoms with Gasteiger partial charge in [-0.25, -0.2) is 0 Å². The van der Waals surface area contributed by atoms with Crippen molar-refractivity contribution in [3.63, 3.8) is 0 Å². The first-order valence-corrected chi connectivity index (χ1v) is 7.55. The molecule has 0 saturated carbocycles. The molecular weight excluding hydrogens is 282 g/mol. The largest absolute Gasteiger partial charge is 0.481 e. The normalized spacial score (nSPS) is 19.2. The molecule has 0 amide bonds. The Labute approximate surface area is 128 Å². The zero-order chi connectivity index (χ0) is 15.4. The lowest BCUT2D eigenvalue weighted by Gasteiger charge is -2.30. The van der Waals surface area contributed by atoms with Crippen molar-refractivity contribution in [3.05, 3.63) is 36.2 Å². The van der Waals surface area contributed by atoms with Crippen LogP contribution in [-0.2, 0) is 11.2 Å². The Morgan fingerprint density at radius 3 is 2.95 bits per heavy atom. The second kappa shape index (κ2) is 6.70. The van der Waals surface area contributed by atoms with Gasteiger partial charge in [-0.3, -0.25) is 4.79 Å². The lowest BCUT2D eigenvalue weighted by Crippen LogP contribution is -2.39. The minimum absolute atomic E-state index is 0.253. The fourth-order valence-electron chi connectivity index (χ4n) is 2.77. The summed E-state index contributed by atoms with van der Waals surface area (Å²) in [5.74, 6) is 0.235. The molecule has 1 N–H and O–H groups in total. The lowest BCUT2D eigenvalue weighted by molar-refractivity contribution is -0.143. The summed E-state index contributed by atoms with van der Waals surface area (Å²) < 4.78 is 5.28. The number of piperidine rings is 1. The predicted molar refractivity (Wildman–Crippen MR) is 80.2 cm³/mol. The predicted octanol–water partition coefficient (Wildman–Crippen LogP) is 2.08. The number of carbonyl (C=O) groups is 1. The van der Waals surface area contributed by atoms with Gasteiger partial charge in [-0.1, -0.05) is 35.5 Å². The summed E-state index contributed by atoms with van der Waals surface area (Å²) in [7, 11) is 0. The smallest absolute Gasteiger partial charge is 0.307 e. The van der Waals surface area contributed by atoms with Crippen LogP contribution in [0, 0.1) is 5.92 Å². The molecule has 6 heteroatoms. The molecule has 1 aliphatic rings. The van der Waals surface area contributed by atoms with E-state index < -0.39 is 5.97 Å². The molecule has 3 rings (SSSR count). The van der Waals surface area contributed by atoms with E-state index in [1.807, 2.05) is 30.3 Å². The van der Waals surface area contributed by atoms with Crippen LogP contribution in [0.15, 0.2) is 34.9 Å². The molecule has 2 aromatic rings. The topological polar surface area (TPSA) is 79.5 Å². The zero-order valence-electron chi connectivity index (χ0n) is 12.3. The van der Waals surface area contributed by atoms with Crippen LogP contribution in [0.4, 0.5) is 0 Å². The molecule has 1 fully saturated rings. The number of hydrogen-bond acceptors (Lipinski definition) is 5. The van der Waals surface area contributed by atoms with Gasteiger partial charge in [0.2, 0.25) is 11.7 Å². The second-order valence-corrected chi connectivity index (χ2v) is 5.61. The monoisotopic (exact) mass is 301 g/mol. The van der Waals surface area contributed by atoms with E-state index >= 15 is 0 Å². The van der Waals surface area contributed by atoms with Crippen molar-refractivity contribution in [3.8, 4) is 11.4 Å².